The summed E-state index contributed by atoms with van der Waals surface area (Å²) in [7, 11) is 0. The summed E-state index contributed by atoms with van der Waals surface area (Å²) in [6, 6.07) is 12.9. The number of rotatable bonds is 4. The maximum atomic E-state index is 6.42. The smallest absolute Gasteiger partial charge is 0.152 e. The largest absolute Gasteiger partial charge is 0.382 e. The average Bonchev–Trinajstić information content (AvgIpc) is 3.67. The molecule has 1 aliphatic rings. The third-order valence-corrected chi connectivity index (χ3v) is 7.18. The molecule has 5 aromatic heterocycles. The van der Waals surface area contributed by atoms with Crippen molar-refractivity contribution in [2.75, 3.05) is 18.9 Å². The molecule has 10 nitrogen and oxygen atoms in total. The van der Waals surface area contributed by atoms with Gasteiger partial charge in [-0.2, -0.15) is 5.10 Å². The van der Waals surface area contributed by atoms with Gasteiger partial charge in [0.1, 0.15) is 17.5 Å². The molecule has 0 saturated carbocycles. The lowest BCUT2D eigenvalue weighted by atomic mass is 9.99. The molecule has 0 bridgehead atoms. The van der Waals surface area contributed by atoms with Gasteiger partial charge in [-0.1, -0.05) is 23.4 Å². The molecule has 6 aromatic rings. The molecule has 0 aliphatic carbocycles. The van der Waals surface area contributed by atoms with E-state index in [4.69, 9.17) is 10.5 Å². The van der Waals surface area contributed by atoms with Crippen molar-refractivity contribution in [1.29, 1.82) is 0 Å². The summed E-state index contributed by atoms with van der Waals surface area (Å²) in [5.74, 6) is 0.411. The second-order valence-electron chi connectivity index (χ2n) is 9.40. The highest BCUT2D eigenvalue weighted by Crippen LogP contribution is 2.37. The normalized spacial score (nSPS) is 14.6. The van der Waals surface area contributed by atoms with E-state index < -0.39 is 0 Å². The number of aromatic nitrogens is 8. The van der Waals surface area contributed by atoms with Gasteiger partial charge >= 0.3 is 0 Å². The standard InChI is InChI=1S/C27H25N9O/c1-17-11-25-29-7-8-34(25)15-22(17)18-3-2-4-19(12-18)23-13-21(26-27(28)30-16-32-36(23)26)24-14-31-33-35(24)20-5-9-37-10-6-20/h2-4,7-8,11-16,20H,5-6,9-10H2,1H3,(H2,28,30,32). The second kappa shape index (κ2) is 8.52. The van der Waals surface area contributed by atoms with Gasteiger partial charge in [0.2, 0.25) is 0 Å². The molecule has 6 heterocycles. The van der Waals surface area contributed by atoms with Crippen LogP contribution < -0.4 is 5.73 Å². The zero-order chi connectivity index (χ0) is 24.9. The first-order valence-electron chi connectivity index (χ1n) is 12.3. The number of nitrogens with zero attached hydrogens (tertiary/aromatic N) is 8. The van der Waals surface area contributed by atoms with Crippen molar-refractivity contribution in [3.8, 4) is 33.6 Å². The van der Waals surface area contributed by atoms with E-state index in [9.17, 15) is 0 Å². The highest BCUT2D eigenvalue weighted by molar-refractivity contribution is 5.91. The Morgan fingerprint density at radius 2 is 1.86 bits per heavy atom. The molecular formula is C27H25N9O. The fourth-order valence-corrected chi connectivity index (χ4v) is 5.31. The number of hydrogen-bond donors (Lipinski definition) is 1. The van der Waals surface area contributed by atoms with E-state index in [0.717, 1.165) is 63.2 Å². The van der Waals surface area contributed by atoms with Crippen LogP contribution in [-0.4, -0.2) is 52.2 Å². The van der Waals surface area contributed by atoms with E-state index in [0.29, 0.717) is 19.0 Å². The molecule has 0 spiro atoms. The van der Waals surface area contributed by atoms with Crippen LogP contribution in [0.15, 0.2) is 67.5 Å². The number of hydrogen-bond acceptors (Lipinski definition) is 7. The van der Waals surface area contributed by atoms with E-state index in [1.54, 1.807) is 6.20 Å². The van der Waals surface area contributed by atoms with Gasteiger partial charge in [-0.3, -0.25) is 0 Å². The number of nitrogens with two attached hydrogens (primary N) is 1. The Morgan fingerprint density at radius 1 is 1.00 bits per heavy atom. The Balaban J connectivity index is 1.39. The van der Waals surface area contributed by atoms with E-state index >= 15 is 0 Å². The molecule has 1 aliphatic heterocycles. The summed E-state index contributed by atoms with van der Waals surface area (Å²) < 4.78 is 11.5. The van der Waals surface area contributed by atoms with Gasteiger partial charge in [-0.25, -0.2) is 19.2 Å². The monoisotopic (exact) mass is 491 g/mol. The van der Waals surface area contributed by atoms with Crippen LogP contribution in [0.2, 0.25) is 0 Å². The molecule has 0 amide bonds. The van der Waals surface area contributed by atoms with Gasteiger partial charge in [-0.15, -0.1) is 5.10 Å². The lowest BCUT2D eigenvalue weighted by Crippen LogP contribution is -2.21. The molecule has 1 saturated heterocycles. The highest BCUT2D eigenvalue weighted by Gasteiger charge is 2.24. The molecule has 1 fully saturated rings. The van der Waals surface area contributed by atoms with E-state index in [1.165, 1.54) is 6.33 Å². The molecule has 0 atom stereocenters. The molecule has 0 radical (unpaired) electrons. The first kappa shape index (κ1) is 21.7. The van der Waals surface area contributed by atoms with Gasteiger partial charge in [-0.05, 0) is 49.1 Å². The van der Waals surface area contributed by atoms with Crippen molar-refractivity contribution in [3.05, 3.63) is 73.1 Å². The minimum Gasteiger partial charge on any atom is -0.382 e. The molecule has 2 N–H and O–H groups in total. The summed E-state index contributed by atoms with van der Waals surface area (Å²) in [6.45, 7) is 3.54. The second-order valence-corrected chi connectivity index (χ2v) is 9.40. The minimum atomic E-state index is 0.222. The van der Waals surface area contributed by atoms with Crippen LogP contribution in [-0.2, 0) is 4.74 Å². The Kier molecular flexibility index (Phi) is 5.00. The first-order valence-corrected chi connectivity index (χ1v) is 12.3. The summed E-state index contributed by atoms with van der Waals surface area (Å²) in [5, 5.41) is 13.3. The highest BCUT2D eigenvalue weighted by atomic mass is 16.5. The predicted molar refractivity (Wildman–Crippen MR) is 140 cm³/mol. The SMILES string of the molecule is Cc1cc2nccn2cc1-c1cccc(-c2cc(-c3cnnn3C3CCOCC3)c3c(N)ncnn23)c1. The van der Waals surface area contributed by atoms with Crippen molar-refractivity contribution in [2.24, 2.45) is 0 Å². The van der Waals surface area contributed by atoms with Gasteiger partial charge in [0, 0.05) is 48.5 Å². The predicted octanol–water partition coefficient (Wildman–Crippen LogP) is 4.21. The van der Waals surface area contributed by atoms with Gasteiger partial charge in [0.15, 0.2) is 5.82 Å². The fourth-order valence-electron chi connectivity index (χ4n) is 5.31. The number of ether oxygens (including phenoxy) is 1. The van der Waals surface area contributed by atoms with Crippen LogP contribution in [0.4, 0.5) is 5.82 Å². The third-order valence-electron chi connectivity index (χ3n) is 7.18. The minimum absolute atomic E-state index is 0.222. The zero-order valence-corrected chi connectivity index (χ0v) is 20.3. The van der Waals surface area contributed by atoms with Gasteiger partial charge < -0.3 is 14.9 Å². The molecule has 184 valence electrons. The van der Waals surface area contributed by atoms with E-state index in [2.05, 4.69) is 74.9 Å². The number of pyridine rings is 1. The molecule has 0 unspecified atom stereocenters. The first-order chi connectivity index (χ1) is 18.2. The van der Waals surface area contributed by atoms with Crippen LogP contribution in [0, 0.1) is 6.92 Å². The lowest BCUT2D eigenvalue weighted by Gasteiger charge is -2.23. The summed E-state index contributed by atoms with van der Waals surface area (Å²) in [5.41, 5.74) is 15.3. The average molecular weight is 492 g/mol. The number of aryl methyl sites for hydroxylation is 1. The molecule has 10 heteroatoms. The number of nitrogen functional groups attached to an aromatic ring is 1. The molecular weight excluding hydrogens is 466 g/mol. The summed E-state index contributed by atoms with van der Waals surface area (Å²) >= 11 is 0. The van der Waals surface area contributed by atoms with Crippen LogP contribution in [0.1, 0.15) is 24.4 Å². The summed E-state index contributed by atoms with van der Waals surface area (Å²) in [4.78, 5) is 8.70. The fraction of sp³-hybridized carbons (Fsp3) is 0.222. The Labute approximate surface area is 212 Å². The Bertz CT molecular complexity index is 1760. The maximum absolute atomic E-state index is 6.42. The van der Waals surface area contributed by atoms with E-state index in [-0.39, 0.29) is 6.04 Å². The zero-order valence-electron chi connectivity index (χ0n) is 20.3. The molecule has 7 rings (SSSR count). The van der Waals surface area contributed by atoms with Crippen LogP contribution in [0.3, 0.4) is 0 Å². The van der Waals surface area contributed by atoms with Crippen molar-refractivity contribution >= 4 is 17.0 Å². The topological polar surface area (TPSA) is 113 Å². The van der Waals surface area contributed by atoms with Crippen LogP contribution in [0.25, 0.3) is 44.8 Å². The lowest BCUT2D eigenvalue weighted by molar-refractivity contribution is 0.0662. The van der Waals surface area contributed by atoms with Gasteiger partial charge in [0.05, 0.1) is 23.6 Å². The van der Waals surface area contributed by atoms with Crippen LogP contribution >= 0.6 is 0 Å². The van der Waals surface area contributed by atoms with Crippen molar-refractivity contribution in [2.45, 2.75) is 25.8 Å². The van der Waals surface area contributed by atoms with E-state index in [1.807, 2.05) is 26.0 Å². The van der Waals surface area contributed by atoms with Gasteiger partial charge in [0.25, 0.3) is 0 Å². The molecule has 1 aromatic carbocycles. The number of fused-ring (bicyclic) bond motifs is 2. The number of anilines is 1. The van der Waals surface area contributed by atoms with Crippen molar-refractivity contribution in [1.82, 2.24) is 39.0 Å². The van der Waals surface area contributed by atoms with Crippen LogP contribution in [0.5, 0.6) is 0 Å². The summed E-state index contributed by atoms with van der Waals surface area (Å²) in [6.07, 6.45) is 11.0. The third kappa shape index (κ3) is 3.56. The Morgan fingerprint density at radius 3 is 2.76 bits per heavy atom. The maximum Gasteiger partial charge on any atom is 0.152 e. The number of imidazole rings is 1. The Hall–Kier alpha value is -4.57. The van der Waals surface area contributed by atoms with Crippen molar-refractivity contribution in [3.63, 3.8) is 0 Å². The van der Waals surface area contributed by atoms with Crippen molar-refractivity contribution < 1.29 is 4.74 Å². The quantitative estimate of drug-likeness (QED) is 0.393. The molecule has 37 heavy (non-hydrogen) atoms. The number of benzene rings is 1.